The van der Waals surface area contributed by atoms with Crippen LogP contribution in [0, 0.1) is 11.3 Å². The Hall–Kier alpha value is -0.600. The van der Waals surface area contributed by atoms with Crippen molar-refractivity contribution in [3.05, 3.63) is 33.3 Å². The summed E-state index contributed by atoms with van der Waals surface area (Å²) in [6, 6.07) is 7.55. The van der Waals surface area contributed by atoms with Gasteiger partial charge in [0, 0.05) is 17.6 Å². The van der Waals surface area contributed by atoms with Gasteiger partial charge in [0.15, 0.2) is 0 Å². The summed E-state index contributed by atoms with van der Waals surface area (Å²) in [5.74, 6) is 0. The molecule has 5 heteroatoms. The fourth-order valence-electron chi connectivity index (χ4n) is 1.84. The third kappa shape index (κ3) is 5.12. The predicted molar refractivity (Wildman–Crippen MR) is 83.3 cm³/mol. The molecule has 1 N–H and O–H groups in total. The molecule has 1 rings (SSSR count). The lowest BCUT2D eigenvalue weighted by Crippen LogP contribution is -2.33. The molecule has 0 aliphatic rings. The summed E-state index contributed by atoms with van der Waals surface area (Å²) in [5, 5.41) is 13.2. The van der Waals surface area contributed by atoms with Crippen LogP contribution in [0.15, 0.2) is 22.7 Å². The van der Waals surface area contributed by atoms with Gasteiger partial charge in [0.1, 0.15) is 6.04 Å². The zero-order valence-corrected chi connectivity index (χ0v) is 13.6. The van der Waals surface area contributed by atoms with E-state index in [1.165, 1.54) is 0 Å². The van der Waals surface area contributed by atoms with Crippen LogP contribution < -0.4 is 5.32 Å². The first-order chi connectivity index (χ1) is 9.12. The van der Waals surface area contributed by atoms with Crippen molar-refractivity contribution in [1.29, 1.82) is 5.26 Å². The normalized spacial score (nSPS) is 12.4. The van der Waals surface area contributed by atoms with Gasteiger partial charge >= 0.3 is 0 Å². The number of hydrogen-bond donors (Lipinski definition) is 1. The van der Waals surface area contributed by atoms with Crippen LogP contribution in [0.25, 0.3) is 0 Å². The van der Waals surface area contributed by atoms with E-state index in [4.69, 9.17) is 11.6 Å². The zero-order valence-electron chi connectivity index (χ0n) is 11.3. The van der Waals surface area contributed by atoms with E-state index < -0.39 is 0 Å². The standard InChI is InChI=1S/C14H19BrClN3/c1-3-19(4-2)8-7-18-14(10-17)11-5-6-13(16)12(15)9-11/h5-6,9,14,18H,3-4,7-8H2,1-2H3. The summed E-state index contributed by atoms with van der Waals surface area (Å²) in [7, 11) is 0. The Balaban J connectivity index is 2.59. The maximum atomic E-state index is 9.24. The Kier molecular flexibility index (Phi) is 7.40. The van der Waals surface area contributed by atoms with Crippen molar-refractivity contribution >= 4 is 27.5 Å². The van der Waals surface area contributed by atoms with Crippen molar-refractivity contribution in [1.82, 2.24) is 10.2 Å². The van der Waals surface area contributed by atoms with E-state index >= 15 is 0 Å². The first-order valence-electron chi connectivity index (χ1n) is 6.42. The molecule has 0 aliphatic carbocycles. The Morgan fingerprint density at radius 2 is 2.11 bits per heavy atom. The summed E-state index contributed by atoms with van der Waals surface area (Å²) in [6.07, 6.45) is 0. The highest BCUT2D eigenvalue weighted by molar-refractivity contribution is 9.10. The first kappa shape index (κ1) is 16.5. The van der Waals surface area contributed by atoms with E-state index in [9.17, 15) is 5.26 Å². The number of nitriles is 1. The molecule has 0 bridgehead atoms. The fraction of sp³-hybridized carbons (Fsp3) is 0.500. The number of benzene rings is 1. The Morgan fingerprint density at radius 3 is 2.63 bits per heavy atom. The summed E-state index contributed by atoms with van der Waals surface area (Å²) >= 11 is 9.34. The topological polar surface area (TPSA) is 39.1 Å². The molecule has 0 heterocycles. The van der Waals surface area contributed by atoms with E-state index in [1.54, 1.807) is 6.07 Å². The number of hydrogen-bond acceptors (Lipinski definition) is 3. The van der Waals surface area contributed by atoms with Crippen LogP contribution in [0.3, 0.4) is 0 Å². The van der Waals surface area contributed by atoms with Gasteiger partial charge in [-0.1, -0.05) is 31.5 Å². The number of nitrogens with zero attached hydrogens (tertiary/aromatic N) is 2. The third-order valence-corrected chi connectivity index (χ3v) is 4.29. The average Bonchev–Trinajstić information content (AvgIpc) is 2.42. The summed E-state index contributed by atoms with van der Waals surface area (Å²) < 4.78 is 0.817. The van der Waals surface area contributed by atoms with Gasteiger partial charge in [-0.25, -0.2) is 0 Å². The van der Waals surface area contributed by atoms with Gasteiger partial charge < -0.3 is 4.90 Å². The Morgan fingerprint density at radius 1 is 1.42 bits per heavy atom. The quantitative estimate of drug-likeness (QED) is 0.821. The van der Waals surface area contributed by atoms with E-state index in [0.29, 0.717) is 5.02 Å². The monoisotopic (exact) mass is 343 g/mol. The fourth-order valence-corrected chi connectivity index (χ4v) is 2.35. The van der Waals surface area contributed by atoms with Crippen LogP contribution in [0.1, 0.15) is 25.5 Å². The van der Waals surface area contributed by atoms with Crippen LogP contribution in [0.4, 0.5) is 0 Å². The van der Waals surface area contributed by atoms with E-state index in [2.05, 4.69) is 46.1 Å². The van der Waals surface area contributed by atoms with Crippen molar-refractivity contribution in [2.24, 2.45) is 0 Å². The van der Waals surface area contributed by atoms with E-state index in [-0.39, 0.29) is 6.04 Å². The lowest BCUT2D eigenvalue weighted by Gasteiger charge is -2.19. The van der Waals surface area contributed by atoms with Crippen molar-refractivity contribution < 1.29 is 0 Å². The molecule has 0 amide bonds. The first-order valence-corrected chi connectivity index (χ1v) is 7.59. The predicted octanol–water partition coefficient (Wildman–Crippen LogP) is 3.60. The zero-order chi connectivity index (χ0) is 14.3. The second kappa shape index (κ2) is 8.55. The Labute approximate surface area is 128 Å². The molecule has 104 valence electrons. The van der Waals surface area contributed by atoms with Crippen molar-refractivity contribution in [3.63, 3.8) is 0 Å². The van der Waals surface area contributed by atoms with E-state index in [1.807, 2.05) is 12.1 Å². The SMILES string of the molecule is CCN(CC)CCNC(C#N)c1ccc(Cl)c(Br)c1. The largest absolute Gasteiger partial charge is 0.303 e. The van der Waals surface area contributed by atoms with Gasteiger partial charge in [-0.3, -0.25) is 5.32 Å². The van der Waals surface area contributed by atoms with Crippen LogP contribution in [-0.2, 0) is 0 Å². The minimum Gasteiger partial charge on any atom is -0.303 e. The maximum Gasteiger partial charge on any atom is 0.121 e. The molecule has 0 radical (unpaired) electrons. The number of nitrogens with one attached hydrogen (secondary N) is 1. The van der Waals surface area contributed by atoms with Crippen LogP contribution in [-0.4, -0.2) is 31.1 Å². The lowest BCUT2D eigenvalue weighted by atomic mass is 10.1. The Bertz CT molecular complexity index is 441. The van der Waals surface area contributed by atoms with Gasteiger partial charge in [0.05, 0.1) is 11.1 Å². The molecule has 0 saturated heterocycles. The van der Waals surface area contributed by atoms with Gasteiger partial charge in [0.25, 0.3) is 0 Å². The minimum atomic E-state index is -0.302. The second-order valence-electron chi connectivity index (χ2n) is 4.22. The van der Waals surface area contributed by atoms with Gasteiger partial charge in [0.2, 0.25) is 0 Å². The summed E-state index contributed by atoms with van der Waals surface area (Å²) in [5.41, 5.74) is 0.929. The lowest BCUT2D eigenvalue weighted by molar-refractivity contribution is 0.300. The summed E-state index contributed by atoms with van der Waals surface area (Å²) in [6.45, 7) is 8.08. The smallest absolute Gasteiger partial charge is 0.121 e. The van der Waals surface area contributed by atoms with Gasteiger partial charge in [-0.2, -0.15) is 5.26 Å². The molecule has 1 aromatic rings. The number of halogens is 2. The molecule has 1 atom stereocenters. The highest BCUT2D eigenvalue weighted by Crippen LogP contribution is 2.25. The number of likely N-dealkylation sites (N-methyl/N-ethyl adjacent to an activating group) is 1. The summed E-state index contributed by atoms with van der Waals surface area (Å²) in [4.78, 5) is 2.32. The molecule has 19 heavy (non-hydrogen) atoms. The van der Waals surface area contributed by atoms with Crippen LogP contribution in [0.2, 0.25) is 5.02 Å². The molecule has 0 saturated carbocycles. The molecule has 0 fully saturated rings. The molecule has 0 spiro atoms. The third-order valence-electron chi connectivity index (χ3n) is 3.08. The van der Waals surface area contributed by atoms with Crippen molar-refractivity contribution in [2.75, 3.05) is 26.2 Å². The van der Waals surface area contributed by atoms with Crippen molar-refractivity contribution in [2.45, 2.75) is 19.9 Å². The maximum absolute atomic E-state index is 9.24. The second-order valence-corrected chi connectivity index (χ2v) is 5.48. The molecule has 0 aromatic heterocycles. The molecule has 3 nitrogen and oxygen atoms in total. The minimum absolute atomic E-state index is 0.302. The highest BCUT2D eigenvalue weighted by Gasteiger charge is 2.11. The van der Waals surface area contributed by atoms with E-state index in [0.717, 1.165) is 36.2 Å². The van der Waals surface area contributed by atoms with Crippen LogP contribution in [0.5, 0.6) is 0 Å². The molecular weight excluding hydrogens is 326 g/mol. The molecule has 1 unspecified atom stereocenters. The average molecular weight is 345 g/mol. The number of rotatable bonds is 7. The molecule has 1 aromatic carbocycles. The molecular formula is C14H19BrClN3. The molecule has 0 aliphatic heterocycles. The highest BCUT2D eigenvalue weighted by atomic mass is 79.9. The van der Waals surface area contributed by atoms with Gasteiger partial charge in [-0.15, -0.1) is 0 Å². The van der Waals surface area contributed by atoms with Crippen LogP contribution >= 0.6 is 27.5 Å². The van der Waals surface area contributed by atoms with Crippen molar-refractivity contribution in [3.8, 4) is 6.07 Å². The van der Waals surface area contributed by atoms with Gasteiger partial charge in [-0.05, 0) is 46.7 Å².